The maximum absolute atomic E-state index is 13.1. The molecule has 1 N–H and O–H groups in total. The first kappa shape index (κ1) is 18.1. The summed E-state index contributed by atoms with van der Waals surface area (Å²) in [6.45, 7) is 0.704. The van der Waals surface area contributed by atoms with E-state index < -0.39 is 0 Å². The molecule has 138 valence electrons. The van der Waals surface area contributed by atoms with Crippen LogP contribution in [0.2, 0.25) is 0 Å². The molecule has 1 atom stereocenters. The molecule has 0 bridgehead atoms. The van der Waals surface area contributed by atoms with Crippen molar-refractivity contribution in [2.75, 3.05) is 11.9 Å². The van der Waals surface area contributed by atoms with Crippen molar-refractivity contribution in [2.45, 2.75) is 18.9 Å². The van der Waals surface area contributed by atoms with Gasteiger partial charge in [-0.25, -0.2) is 14.2 Å². The Hall–Kier alpha value is -2.25. The average Bonchev–Trinajstić information content (AvgIpc) is 3.31. The van der Waals surface area contributed by atoms with E-state index in [1.165, 1.54) is 12.1 Å². The fourth-order valence-electron chi connectivity index (χ4n) is 3.22. The van der Waals surface area contributed by atoms with E-state index in [0.29, 0.717) is 6.54 Å². The fraction of sp³-hybridized carbons (Fsp3) is 0.200. The molecule has 0 radical (unpaired) electrons. The molecule has 1 fully saturated rings. The third kappa shape index (κ3) is 4.04. The van der Waals surface area contributed by atoms with E-state index in [1.54, 1.807) is 23.5 Å². The van der Waals surface area contributed by atoms with Crippen molar-refractivity contribution in [3.05, 3.63) is 69.2 Å². The Bertz CT molecular complexity index is 960. The second-order valence-electron chi connectivity index (χ2n) is 6.37. The van der Waals surface area contributed by atoms with E-state index in [1.807, 2.05) is 34.5 Å². The second kappa shape index (κ2) is 7.78. The molecule has 0 unspecified atom stereocenters. The Morgan fingerprint density at radius 3 is 2.85 bits per heavy atom. The number of thiazole rings is 1. The number of nitrogens with zero attached hydrogens (tertiary/aromatic N) is 2. The summed E-state index contributed by atoms with van der Waals surface area (Å²) >= 11 is 4.96. The maximum atomic E-state index is 13.1. The maximum Gasteiger partial charge on any atom is 0.322 e. The molecule has 2 amide bonds. The van der Waals surface area contributed by atoms with Gasteiger partial charge >= 0.3 is 6.03 Å². The number of carbonyl (C=O) groups excluding carboxylic acids is 1. The number of benzene rings is 2. The first-order valence-corrected chi connectivity index (χ1v) is 10.3. The molecule has 3 aromatic rings. The topological polar surface area (TPSA) is 45.2 Å². The van der Waals surface area contributed by atoms with Crippen LogP contribution in [0.15, 0.2) is 58.4 Å². The van der Waals surface area contributed by atoms with Gasteiger partial charge in [-0.2, -0.15) is 0 Å². The summed E-state index contributed by atoms with van der Waals surface area (Å²) in [6, 6.07) is 13.7. The second-order valence-corrected chi connectivity index (χ2v) is 8.18. The number of halogens is 2. The number of anilines is 1. The normalized spacial score (nSPS) is 16.5. The molecule has 4 nitrogen and oxygen atoms in total. The highest BCUT2D eigenvalue weighted by atomic mass is 79.9. The van der Waals surface area contributed by atoms with Crippen LogP contribution in [0.4, 0.5) is 14.9 Å². The van der Waals surface area contributed by atoms with Gasteiger partial charge in [0.1, 0.15) is 10.8 Å². The minimum atomic E-state index is -0.264. The highest BCUT2D eigenvalue weighted by Crippen LogP contribution is 2.36. The van der Waals surface area contributed by atoms with Crippen molar-refractivity contribution in [1.29, 1.82) is 0 Å². The van der Waals surface area contributed by atoms with Crippen LogP contribution in [0.1, 0.15) is 23.9 Å². The van der Waals surface area contributed by atoms with Crippen molar-refractivity contribution < 1.29 is 9.18 Å². The van der Waals surface area contributed by atoms with Crippen LogP contribution in [0.25, 0.3) is 11.3 Å². The third-order valence-electron chi connectivity index (χ3n) is 4.54. The van der Waals surface area contributed by atoms with Gasteiger partial charge in [0.2, 0.25) is 0 Å². The summed E-state index contributed by atoms with van der Waals surface area (Å²) in [5.41, 5.74) is 2.45. The lowest BCUT2D eigenvalue weighted by Gasteiger charge is -2.23. The smallest absolute Gasteiger partial charge is 0.315 e. The highest BCUT2D eigenvalue weighted by Gasteiger charge is 2.32. The van der Waals surface area contributed by atoms with E-state index >= 15 is 0 Å². The number of hydrogen-bond acceptors (Lipinski definition) is 3. The molecule has 7 heteroatoms. The van der Waals surface area contributed by atoms with Gasteiger partial charge in [-0.15, -0.1) is 11.3 Å². The van der Waals surface area contributed by atoms with Gasteiger partial charge in [0.05, 0.1) is 11.7 Å². The monoisotopic (exact) mass is 445 g/mol. The van der Waals surface area contributed by atoms with Crippen LogP contribution in [-0.4, -0.2) is 22.5 Å². The number of urea groups is 1. The largest absolute Gasteiger partial charge is 0.322 e. The number of amides is 2. The van der Waals surface area contributed by atoms with E-state index in [0.717, 1.165) is 39.3 Å². The zero-order valence-corrected chi connectivity index (χ0v) is 16.8. The zero-order chi connectivity index (χ0) is 18.8. The van der Waals surface area contributed by atoms with Gasteiger partial charge in [0.15, 0.2) is 0 Å². The van der Waals surface area contributed by atoms with Gasteiger partial charge in [-0.1, -0.05) is 22.0 Å². The molecule has 1 aromatic heterocycles. The van der Waals surface area contributed by atoms with Gasteiger partial charge in [0, 0.05) is 27.6 Å². The number of likely N-dealkylation sites (tertiary alicyclic amines) is 1. The standard InChI is InChI=1S/C20H17BrFN3OS/c21-14-3-1-4-16(11-14)23-20(26)25-10-2-5-18(25)19-24-17(12-27-19)13-6-8-15(22)9-7-13/h1,3-4,6-9,11-12,18H,2,5,10H2,(H,23,26)/t18-/m0/s1. The van der Waals surface area contributed by atoms with Gasteiger partial charge < -0.3 is 10.2 Å². The Labute approximate surface area is 169 Å². The molecule has 0 saturated carbocycles. The molecule has 1 saturated heterocycles. The zero-order valence-electron chi connectivity index (χ0n) is 14.4. The Balaban J connectivity index is 1.51. The predicted molar refractivity (Wildman–Crippen MR) is 109 cm³/mol. The number of nitrogens with one attached hydrogen (secondary N) is 1. The highest BCUT2D eigenvalue weighted by molar-refractivity contribution is 9.10. The molecule has 0 spiro atoms. The summed E-state index contributed by atoms with van der Waals surface area (Å²) in [5.74, 6) is -0.264. The minimum Gasteiger partial charge on any atom is -0.315 e. The molecule has 1 aliphatic heterocycles. The predicted octanol–water partition coefficient (Wildman–Crippen LogP) is 6.08. The molecule has 2 aromatic carbocycles. The van der Waals surface area contributed by atoms with Crippen molar-refractivity contribution in [3.8, 4) is 11.3 Å². The summed E-state index contributed by atoms with van der Waals surface area (Å²) in [4.78, 5) is 19.3. The lowest BCUT2D eigenvalue weighted by atomic mass is 10.2. The number of hydrogen-bond donors (Lipinski definition) is 1. The quantitative estimate of drug-likeness (QED) is 0.530. The van der Waals surface area contributed by atoms with Crippen molar-refractivity contribution in [3.63, 3.8) is 0 Å². The number of aromatic nitrogens is 1. The molecule has 2 heterocycles. The van der Waals surface area contributed by atoms with E-state index in [2.05, 4.69) is 21.2 Å². The summed E-state index contributed by atoms with van der Waals surface area (Å²) in [7, 11) is 0. The van der Waals surface area contributed by atoms with Crippen LogP contribution in [0, 0.1) is 5.82 Å². The first-order valence-electron chi connectivity index (χ1n) is 8.65. The Morgan fingerprint density at radius 1 is 1.26 bits per heavy atom. The van der Waals surface area contributed by atoms with Crippen LogP contribution in [-0.2, 0) is 0 Å². The summed E-state index contributed by atoms with van der Waals surface area (Å²) in [5, 5.41) is 5.84. The SMILES string of the molecule is O=C(Nc1cccc(Br)c1)N1CCC[C@H]1c1nc(-c2ccc(F)cc2)cs1. The van der Waals surface area contributed by atoms with Crippen molar-refractivity contribution in [2.24, 2.45) is 0 Å². The molecular weight excluding hydrogens is 429 g/mol. The Morgan fingerprint density at radius 2 is 2.07 bits per heavy atom. The number of rotatable bonds is 3. The lowest BCUT2D eigenvalue weighted by molar-refractivity contribution is 0.207. The first-order chi connectivity index (χ1) is 13.1. The van der Waals surface area contributed by atoms with Gasteiger partial charge in [-0.05, 0) is 55.3 Å². The fourth-order valence-corrected chi connectivity index (χ4v) is 4.60. The third-order valence-corrected chi connectivity index (χ3v) is 5.98. The van der Waals surface area contributed by atoms with Crippen LogP contribution < -0.4 is 5.32 Å². The van der Waals surface area contributed by atoms with E-state index in [-0.39, 0.29) is 17.9 Å². The Kier molecular flexibility index (Phi) is 5.22. The van der Waals surface area contributed by atoms with Crippen molar-refractivity contribution >= 4 is 39.0 Å². The average molecular weight is 446 g/mol. The number of carbonyl (C=O) groups is 1. The van der Waals surface area contributed by atoms with Gasteiger partial charge in [-0.3, -0.25) is 0 Å². The van der Waals surface area contributed by atoms with E-state index in [9.17, 15) is 9.18 Å². The van der Waals surface area contributed by atoms with Crippen LogP contribution in [0.3, 0.4) is 0 Å². The van der Waals surface area contributed by atoms with E-state index in [4.69, 9.17) is 4.98 Å². The minimum absolute atomic E-state index is 0.0312. The summed E-state index contributed by atoms with van der Waals surface area (Å²) < 4.78 is 14.0. The molecule has 4 rings (SSSR count). The summed E-state index contributed by atoms with van der Waals surface area (Å²) in [6.07, 6.45) is 1.84. The molecular formula is C20H17BrFN3OS. The molecule has 27 heavy (non-hydrogen) atoms. The molecule has 0 aliphatic carbocycles. The van der Waals surface area contributed by atoms with Gasteiger partial charge in [0.25, 0.3) is 0 Å². The van der Waals surface area contributed by atoms with Crippen LogP contribution in [0.5, 0.6) is 0 Å². The molecule has 1 aliphatic rings. The lowest BCUT2D eigenvalue weighted by Crippen LogP contribution is -2.34. The van der Waals surface area contributed by atoms with Crippen LogP contribution >= 0.6 is 27.3 Å². The van der Waals surface area contributed by atoms with Crippen molar-refractivity contribution in [1.82, 2.24) is 9.88 Å².